The van der Waals surface area contributed by atoms with E-state index in [1.807, 2.05) is 12.1 Å². The minimum Gasteiger partial charge on any atom is -0.378 e. The summed E-state index contributed by atoms with van der Waals surface area (Å²) in [5.41, 5.74) is 0.858. The number of hydrogen-bond donors (Lipinski definition) is 0. The van der Waals surface area contributed by atoms with Crippen molar-refractivity contribution in [3.63, 3.8) is 0 Å². The van der Waals surface area contributed by atoms with Gasteiger partial charge in [0.1, 0.15) is 5.03 Å². The van der Waals surface area contributed by atoms with Crippen molar-refractivity contribution in [2.24, 2.45) is 5.92 Å². The third-order valence-electron chi connectivity index (χ3n) is 4.11. The van der Waals surface area contributed by atoms with Crippen LogP contribution in [0.5, 0.6) is 0 Å². The summed E-state index contributed by atoms with van der Waals surface area (Å²) in [6, 6.07) is 3.77. The van der Waals surface area contributed by atoms with E-state index >= 15 is 0 Å². The number of carbonyl (C=O) groups is 2. The molecule has 0 radical (unpaired) electrons. The predicted molar refractivity (Wildman–Crippen MR) is 93.1 cm³/mol. The van der Waals surface area contributed by atoms with Crippen molar-refractivity contribution in [2.45, 2.75) is 30.5 Å². The van der Waals surface area contributed by atoms with Crippen LogP contribution < -0.4 is 4.90 Å². The first-order valence-corrected chi connectivity index (χ1v) is 9.23. The molecule has 2 aliphatic rings. The number of aromatic nitrogens is 1. The summed E-state index contributed by atoms with van der Waals surface area (Å²) in [6.45, 7) is 7.16. The monoisotopic (exact) mass is 349 g/mol. The molecule has 1 aromatic heterocycles. The molecule has 1 aromatic rings. The first kappa shape index (κ1) is 17.2. The van der Waals surface area contributed by atoms with Crippen LogP contribution in [0, 0.1) is 5.92 Å². The van der Waals surface area contributed by atoms with E-state index in [2.05, 4.69) is 18.8 Å². The van der Waals surface area contributed by atoms with Gasteiger partial charge in [0.25, 0.3) is 0 Å². The van der Waals surface area contributed by atoms with Crippen LogP contribution in [-0.2, 0) is 14.3 Å². The highest BCUT2D eigenvalue weighted by molar-refractivity contribution is 8.00. The van der Waals surface area contributed by atoms with Crippen LogP contribution in [0.25, 0.3) is 0 Å². The molecule has 7 heteroatoms. The number of fused-ring (bicyclic) bond motifs is 1. The van der Waals surface area contributed by atoms with E-state index in [4.69, 9.17) is 4.74 Å². The van der Waals surface area contributed by atoms with Gasteiger partial charge in [-0.3, -0.25) is 9.59 Å². The zero-order valence-electron chi connectivity index (χ0n) is 14.1. The lowest BCUT2D eigenvalue weighted by Gasteiger charge is -2.35. The molecule has 0 spiro atoms. The van der Waals surface area contributed by atoms with Gasteiger partial charge < -0.3 is 14.5 Å². The SMILES string of the molecule is CC(C)CN1C(=O)C(CC(=O)N2CCOCC2)Sc2ncccc21. The maximum Gasteiger partial charge on any atom is 0.241 e. The molecule has 0 N–H and O–H groups in total. The summed E-state index contributed by atoms with van der Waals surface area (Å²) >= 11 is 1.41. The maximum atomic E-state index is 12.9. The first-order valence-electron chi connectivity index (χ1n) is 8.35. The van der Waals surface area contributed by atoms with Crippen molar-refractivity contribution in [3.05, 3.63) is 18.3 Å². The Kier molecular flexibility index (Phi) is 5.40. The molecule has 6 nitrogen and oxygen atoms in total. The van der Waals surface area contributed by atoms with Crippen LogP contribution in [0.1, 0.15) is 20.3 Å². The summed E-state index contributed by atoms with van der Waals surface area (Å²) in [6.07, 6.45) is 1.95. The van der Waals surface area contributed by atoms with E-state index in [0.717, 1.165) is 10.7 Å². The van der Waals surface area contributed by atoms with Crippen LogP contribution in [0.2, 0.25) is 0 Å². The lowest BCUT2D eigenvalue weighted by molar-refractivity contribution is -0.136. The Labute approximate surface area is 146 Å². The topological polar surface area (TPSA) is 62.7 Å². The Balaban J connectivity index is 1.77. The molecule has 2 amide bonds. The van der Waals surface area contributed by atoms with Crippen molar-refractivity contribution >= 4 is 29.3 Å². The molecule has 1 saturated heterocycles. The van der Waals surface area contributed by atoms with Crippen molar-refractivity contribution in [3.8, 4) is 0 Å². The molecule has 0 bridgehead atoms. The van der Waals surface area contributed by atoms with Crippen LogP contribution in [-0.4, -0.2) is 59.8 Å². The summed E-state index contributed by atoms with van der Waals surface area (Å²) in [7, 11) is 0. The second-order valence-corrected chi connectivity index (χ2v) is 7.67. The van der Waals surface area contributed by atoms with E-state index in [9.17, 15) is 9.59 Å². The van der Waals surface area contributed by atoms with Crippen LogP contribution >= 0.6 is 11.8 Å². The minimum atomic E-state index is -0.401. The molecule has 0 aromatic carbocycles. The number of ether oxygens (including phenoxy) is 1. The fourth-order valence-electron chi connectivity index (χ4n) is 2.94. The molecule has 1 unspecified atom stereocenters. The smallest absolute Gasteiger partial charge is 0.241 e. The fraction of sp³-hybridized carbons (Fsp3) is 0.588. The molecular weight excluding hydrogens is 326 g/mol. The van der Waals surface area contributed by atoms with Gasteiger partial charge >= 0.3 is 0 Å². The second-order valence-electron chi connectivity index (χ2n) is 6.47. The standard InChI is InChI=1S/C17H23N3O3S/c1-12(2)11-20-13-4-3-5-18-16(13)24-14(17(20)22)10-15(21)19-6-8-23-9-7-19/h3-5,12,14H,6-11H2,1-2H3. The Morgan fingerprint density at radius 3 is 2.88 bits per heavy atom. The highest BCUT2D eigenvalue weighted by atomic mass is 32.2. The van der Waals surface area contributed by atoms with E-state index < -0.39 is 5.25 Å². The van der Waals surface area contributed by atoms with E-state index in [-0.39, 0.29) is 18.2 Å². The number of nitrogens with zero attached hydrogens (tertiary/aromatic N) is 3. The number of pyridine rings is 1. The highest BCUT2D eigenvalue weighted by Gasteiger charge is 2.36. The third-order valence-corrected chi connectivity index (χ3v) is 5.30. The molecule has 3 rings (SSSR count). The van der Waals surface area contributed by atoms with Crippen molar-refractivity contribution in [2.75, 3.05) is 37.7 Å². The fourth-order valence-corrected chi connectivity index (χ4v) is 4.08. The third kappa shape index (κ3) is 3.72. The number of carbonyl (C=O) groups excluding carboxylic acids is 2. The number of thioether (sulfide) groups is 1. The van der Waals surface area contributed by atoms with Crippen LogP contribution in [0.15, 0.2) is 23.4 Å². The highest BCUT2D eigenvalue weighted by Crippen LogP contribution is 2.39. The average Bonchev–Trinajstić information content (AvgIpc) is 2.59. The lowest BCUT2D eigenvalue weighted by Crippen LogP contribution is -2.47. The van der Waals surface area contributed by atoms with Gasteiger partial charge in [-0.05, 0) is 18.1 Å². The molecule has 2 aliphatic heterocycles. The first-order chi connectivity index (χ1) is 11.6. The lowest BCUT2D eigenvalue weighted by atomic mass is 10.1. The molecule has 1 atom stereocenters. The second kappa shape index (κ2) is 7.53. The summed E-state index contributed by atoms with van der Waals surface area (Å²) in [5.74, 6) is 0.379. The Morgan fingerprint density at radius 1 is 1.42 bits per heavy atom. The molecule has 0 aliphatic carbocycles. The number of amides is 2. The van der Waals surface area contributed by atoms with Crippen molar-refractivity contribution in [1.29, 1.82) is 0 Å². The van der Waals surface area contributed by atoms with Crippen molar-refractivity contribution in [1.82, 2.24) is 9.88 Å². The van der Waals surface area contributed by atoms with Gasteiger partial charge in [-0.2, -0.15) is 0 Å². The van der Waals surface area contributed by atoms with Gasteiger partial charge in [-0.1, -0.05) is 25.6 Å². The van der Waals surface area contributed by atoms with E-state index in [1.165, 1.54) is 11.8 Å². The number of anilines is 1. The summed E-state index contributed by atoms with van der Waals surface area (Å²) in [5, 5.41) is 0.430. The predicted octanol–water partition coefficient (Wildman–Crippen LogP) is 1.79. The average molecular weight is 349 g/mol. The minimum absolute atomic E-state index is 0.0100. The van der Waals surface area contributed by atoms with Gasteiger partial charge in [0, 0.05) is 32.3 Å². The number of hydrogen-bond acceptors (Lipinski definition) is 5. The number of morpholine rings is 1. The molecule has 1 fully saturated rings. The molecule has 130 valence electrons. The van der Waals surface area contributed by atoms with Crippen molar-refractivity contribution < 1.29 is 14.3 Å². The van der Waals surface area contributed by atoms with E-state index in [1.54, 1.807) is 16.0 Å². The zero-order chi connectivity index (χ0) is 17.1. The Bertz CT molecular complexity index is 617. The molecule has 24 heavy (non-hydrogen) atoms. The molecular formula is C17H23N3O3S. The van der Waals surface area contributed by atoms with Crippen LogP contribution in [0.3, 0.4) is 0 Å². The van der Waals surface area contributed by atoms with Gasteiger partial charge in [0.2, 0.25) is 11.8 Å². The maximum absolute atomic E-state index is 12.9. The van der Waals surface area contributed by atoms with Crippen LogP contribution in [0.4, 0.5) is 5.69 Å². The number of rotatable bonds is 4. The molecule has 3 heterocycles. The quantitative estimate of drug-likeness (QED) is 0.829. The Morgan fingerprint density at radius 2 is 2.17 bits per heavy atom. The Hall–Kier alpha value is -1.60. The van der Waals surface area contributed by atoms with E-state index in [0.29, 0.717) is 38.8 Å². The summed E-state index contributed by atoms with van der Waals surface area (Å²) in [4.78, 5) is 33.4. The van der Waals surface area contributed by atoms with Gasteiger partial charge in [-0.25, -0.2) is 4.98 Å². The summed E-state index contributed by atoms with van der Waals surface area (Å²) < 4.78 is 5.28. The van der Waals surface area contributed by atoms with Gasteiger partial charge in [0.15, 0.2) is 0 Å². The normalized spacial score (nSPS) is 21.1. The zero-order valence-corrected chi connectivity index (χ0v) is 14.9. The van der Waals surface area contributed by atoms with Gasteiger partial charge in [0.05, 0.1) is 24.2 Å². The largest absolute Gasteiger partial charge is 0.378 e. The van der Waals surface area contributed by atoms with Gasteiger partial charge in [-0.15, -0.1) is 0 Å². The molecule has 0 saturated carbocycles.